The first-order chi connectivity index (χ1) is 12.5. The van der Waals surface area contributed by atoms with Crippen LogP contribution in [-0.4, -0.2) is 43.1 Å². The van der Waals surface area contributed by atoms with Crippen LogP contribution in [0.2, 0.25) is 0 Å². The predicted octanol–water partition coefficient (Wildman–Crippen LogP) is 2.05. The van der Waals surface area contributed by atoms with E-state index in [1.807, 2.05) is 25.1 Å². The van der Waals surface area contributed by atoms with Crippen molar-refractivity contribution >= 4 is 28.5 Å². The van der Waals surface area contributed by atoms with Gasteiger partial charge in [0.2, 0.25) is 0 Å². The van der Waals surface area contributed by atoms with Crippen molar-refractivity contribution in [1.82, 2.24) is 4.98 Å². The molecule has 1 saturated heterocycles. The molecule has 1 aliphatic rings. The fourth-order valence-electron chi connectivity index (χ4n) is 4.07. The van der Waals surface area contributed by atoms with E-state index in [9.17, 15) is 9.59 Å². The lowest BCUT2D eigenvalue weighted by Crippen LogP contribution is -3.17. The minimum absolute atomic E-state index is 0.0605. The van der Waals surface area contributed by atoms with Crippen LogP contribution in [0.15, 0.2) is 18.2 Å². The number of aryl methyl sites for hydroxylation is 1. The van der Waals surface area contributed by atoms with Crippen LogP contribution in [0.3, 0.4) is 0 Å². The first-order valence-electron chi connectivity index (χ1n) is 9.39. The maximum Gasteiger partial charge on any atom is 0.356 e. The zero-order valence-electron chi connectivity index (χ0n) is 15.8. The van der Waals surface area contributed by atoms with Crippen LogP contribution in [-0.2, 0) is 9.53 Å². The van der Waals surface area contributed by atoms with Crippen LogP contribution >= 0.6 is 0 Å². The summed E-state index contributed by atoms with van der Waals surface area (Å²) in [6.07, 6.45) is 4.68. The Morgan fingerprint density at radius 2 is 2.15 bits per heavy atom. The van der Waals surface area contributed by atoms with E-state index < -0.39 is 5.97 Å². The van der Waals surface area contributed by atoms with Crippen LogP contribution in [0.25, 0.3) is 10.9 Å². The van der Waals surface area contributed by atoms with Crippen LogP contribution < -0.4 is 10.2 Å². The average Bonchev–Trinajstić information content (AvgIpc) is 3.01. The summed E-state index contributed by atoms with van der Waals surface area (Å²) in [4.78, 5) is 29.4. The largest absolute Gasteiger partial charge is 0.464 e. The standard InChI is InChI=1S/C20H27N3O3/c1-4-14-9-5-6-11-23(14)12-16(24)22-18-17-13(2)8-7-10-15(17)21-19(18)20(25)26-3/h7-8,10,14,21H,4-6,9,11-12H2,1-3H3,(H,22,24)/p+1/t14-/m1/s1. The summed E-state index contributed by atoms with van der Waals surface area (Å²) in [7, 11) is 1.34. The lowest BCUT2D eigenvalue weighted by Gasteiger charge is -2.31. The summed E-state index contributed by atoms with van der Waals surface area (Å²) in [5, 5.41) is 3.85. The first-order valence-corrected chi connectivity index (χ1v) is 9.39. The molecule has 0 spiro atoms. The zero-order valence-corrected chi connectivity index (χ0v) is 15.8. The van der Waals surface area contributed by atoms with Crippen molar-refractivity contribution in [1.29, 1.82) is 0 Å². The Morgan fingerprint density at radius 1 is 1.35 bits per heavy atom. The number of piperidine rings is 1. The van der Waals surface area contributed by atoms with E-state index in [1.54, 1.807) is 0 Å². The van der Waals surface area contributed by atoms with Gasteiger partial charge in [-0.25, -0.2) is 4.79 Å². The Morgan fingerprint density at radius 3 is 2.88 bits per heavy atom. The van der Waals surface area contributed by atoms with Crippen molar-refractivity contribution in [3.63, 3.8) is 0 Å². The Labute approximate surface area is 153 Å². The average molecular weight is 358 g/mol. The molecule has 0 radical (unpaired) electrons. The van der Waals surface area contributed by atoms with Crippen molar-refractivity contribution in [3.05, 3.63) is 29.5 Å². The molecule has 1 aromatic carbocycles. The lowest BCUT2D eigenvalue weighted by atomic mass is 10.00. The molecule has 0 aliphatic carbocycles. The zero-order chi connectivity index (χ0) is 18.7. The summed E-state index contributed by atoms with van der Waals surface area (Å²) >= 11 is 0. The molecule has 3 rings (SSSR count). The van der Waals surface area contributed by atoms with Crippen LogP contribution in [0.5, 0.6) is 0 Å². The molecule has 1 aliphatic heterocycles. The van der Waals surface area contributed by atoms with E-state index in [0.29, 0.717) is 24.0 Å². The van der Waals surface area contributed by atoms with Crippen LogP contribution in [0, 0.1) is 6.92 Å². The molecule has 6 heteroatoms. The number of rotatable bonds is 5. The number of nitrogens with one attached hydrogen (secondary N) is 3. The second-order valence-electron chi connectivity index (χ2n) is 7.10. The van der Waals surface area contributed by atoms with Crippen LogP contribution in [0.4, 0.5) is 5.69 Å². The Kier molecular flexibility index (Phi) is 5.61. The number of benzene rings is 1. The number of carbonyl (C=O) groups is 2. The molecule has 2 atom stereocenters. The van der Waals surface area contributed by atoms with Gasteiger partial charge in [-0.05, 0) is 44.2 Å². The van der Waals surface area contributed by atoms with Crippen molar-refractivity contribution in [2.24, 2.45) is 0 Å². The molecule has 3 N–H and O–H groups in total. The van der Waals surface area contributed by atoms with Gasteiger partial charge in [0.1, 0.15) is 5.69 Å². The molecule has 2 aromatic rings. The summed E-state index contributed by atoms with van der Waals surface area (Å²) in [6, 6.07) is 6.33. The van der Waals surface area contributed by atoms with E-state index in [4.69, 9.17) is 4.74 Å². The number of hydrogen-bond acceptors (Lipinski definition) is 3. The molecule has 0 bridgehead atoms. The molecule has 140 valence electrons. The smallest absolute Gasteiger partial charge is 0.356 e. The number of esters is 1. The highest BCUT2D eigenvalue weighted by Crippen LogP contribution is 2.31. The number of amides is 1. The summed E-state index contributed by atoms with van der Waals surface area (Å²) < 4.78 is 4.89. The molecule has 1 aromatic heterocycles. The maximum atomic E-state index is 12.8. The molecule has 1 amide bonds. The van der Waals surface area contributed by atoms with E-state index in [2.05, 4.69) is 17.2 Å². The van der Waals surface area contributed by atoms with Gasteiger partial charge in [0.05, 0.1) is 25.4 Å². The van der Waals surface area contributed by atoms with Gasteiger partial charge in [-0.15, -0.1) is 0 Å². The Balaban J connectivity index is 1.87. The van der Waals surface area contributed by atoms with Gasteiger partial charge >= 0.3 is 5.97 Å². The molecule has 2 heterocycles. The quantitative estimate of drug-likeness (QED) is 0.716. The number of anilines is 1. The maximum absolute atomic E-state index is 12.8. The number of fused-ring (bicyclic) bond motifs is 1. The molecular weight excluding hydrogens is 330 g/mol. The van der Waals surface area contributed by atoms with Gasteiger partial charge in [-0.3, -0.25) is 4.79 Å². The number of ether oxygens (including phenoxy) is 1. The minimum atomic E-state index is -0.479. The molecule has 1 unspecified atom stereocenters. The monoisotopic (exact) mass is 358 g/mol. The fourth-order valence-corrected chi connectivity index (χ4v) is 4.07. The van der Waals surface area contributed by atoms with E-state index in [0.717, 1.165) is 29.4 Å². The van der Waals surface area contributed by atoms with Gasteiger partial charge in [0, 0.05) is 10.9 Å². The first kappa shape index (κ1) is 18.5. The molecule has 26 heavy (non-hydrogen) atoms. The number of likely N-dealkylation sites (tertiary alicyclic amines) is 1. The van der Waals surface area contributed by atoms with Crippen LogP contribution in [0.1, 0.15) is 48.7 Å². The minimum Gasteiger partial charge on any atom is -0.464 e. The summed E-state index contributed by atoms with van der Waals surface area (Å²) in [5.74, 6) is -0.540. The highest BCUT2D eigenvalue weighted by molar-refractivity contribution is 6.12. The summed E-state index contributed by atoms with van der Waals surface area (Å²) in [5.41, 5.74) is 2.64. The molecule has 1 fully saturated rings. The third kappa shape index (κ3) is 3.60. The number of methoxy groups -OCH3 is 1. The Bertz CT molecular complexity index is 812. The number of aromatic amines is 1. The highest BCUT2D eigenvalue weighted by Gasteiger charge is 2.28. The second kappa shape index (κ2) is 7.91. The van der Waals surface area contributed by atoms with E-state index in [1.165, 1.54) is 31.3 Å². The SMILES string of the molecule is CC[C@@H]1CCCC[NH+]1CC(=O)Nc1c(C(=O)OC)[nH]c2cccc(C)c12. The predicted molar refractivity (Wildman–Crippen MR) is 102 cm³/mol. The second-order valence-corrected chi connectivity index (χ2v) is 7.10. The van der Waals surface area contributed by atoms with Gasteiger partial charge in [0.15, 0.2) is 6.54 Å². The van der Waals surface area contributed by atoms with Crippen molar-refractivity contribution in [2.45, 2.75) is 45.6 Å². The van der Waals surface area contributed by atoms with Gasteiger partial charge in [-0.2, -0.15) is 0 Å². The van der Waals surface area contributed by atoms with Gasteiger partial charge in [-0.1, -0.05) is 19.1 Å². The number of quaternary nitrogens is 1. The third-order valence-corrected chi connectivity index (χ3v) is 5.44. The van der Waals surface area contributed by atoms with Crippen molar-refractivity contribution in [2.75, 3.05) is 25.5 Å². The normalized spacial score (nSPS) is 20.1. The number of hydrogen-bond donors (Lipinski definition) is 3. The van der Waals surface area contributed by atoms with Crippen molar-refractivity contribution < 1.29 is 19.2 Å². The number of carbonyl (C=O) groups excluding carboxylic acids is 2. The third-order valence-electron chi connectivity index (χ3n) is 5.44. The molecule has 0 saturated carbocycles. The number of H-pyrrole nitrogens is 1. The lowest BCUT2D eigenvalue weighted by molar-refractivity contribution is -0.923. The van der Waals surface area contributed by atoms with E-state index in [-0.39, 0.29) is 5.91 Å². The molecule has 6 nitrogen and oxygen atoms in total. The van der Waals surface area contributed by atoms with E-state index >= 15 is 0 Å². The summed E-state index contributed by atoms with van der Waals surface area (Å²) in [6.45, 7) is 5.61. The Hall–Kier alpha value is -2.34. The fraction of sp³-hybridized carbons (Fsp3) is 0.500. The topological polar surface area (TPSA) is 75.6 Å². The van der Waals surface area contributed by atoms with Gasteiger partial charge < -0.3 is 19.9 Å². The van der Waals surface area contributed by atoms with Crippen molar-refractivity contribution in [3.8, 4) is 0 Å². The highest BCUT2D eigenvalue weighted by atomic mass is 16.5. The number of aromatic nitrogens is 1. The molecular formula is C20H28N3O3+. The van der Waals surface area contributed by atoms with Gasteiger partial charge in [0.25, 0.3) is 5.91 Å².